The first-order chi connectivity index (χ1) is 29.3. The summed E-state index contributed by atoms with van der Waals surface area (Å²) in [5.41, 5.74) is 6.27. The second-order valence-corrected chi connectivity index (χ2v) is 16.1. The topological polar surface area (TPSA) is 184 Å². The lowest BCUT2D eigenvalue weighted by Gasteiger charge is -2.31. The van der Waals surface area contributed by atoms with Gasteiger partial charge in [0.15, 0.2) is 0 Å². The van der Waals surface area contributed by atoms with Gasteiger partial charge < -0.3 is 44.6 Å². The minimum absolute atomic E-state index is 0.137. The summed E-state index contributed by atoms with van der Waals surface area (Å²) in [7, 11) is 4.14. The molecule has 3 aromatic carbocycles. The van der Waals surface area contributed by atoms with Crippen molar-refractivity contribution in [3.05, 3.63) is 97.2 Å². The highest BCUT2D eigenvalue weighted by molar-refractivity contribution is 6.05. The number of carbonyl (C=O) groups is 4. The zero-order chi connectivity index (χ0) is 44.0. The SMILES string of the molecule is C=CC(COC)CN(Cc1ncc(-c2ccc(-c3ccc4c(ccc5[nH]c(C6C(=C)CCN6C(=O)C(NC(=O)OC)C(C)C)nc54)c3)cc2)[nH]1)C(=O)C(NC(=O)OC)C(C)C. The van der Waals surface area contributed by atoms with Crippen molar-refractivity contribution < 1.29 is 33.4 Å². The molecule has 0 aliphatic carbocycles. The molecule has 4 N–H and O–H groups in total. The highest BCUT2D eigenvalue weighted by atomic mass is 16.5. The Morgan fingerprint density at radius 2 is 1.56 bits per heavy atom. The Hall–Kier alpha value is -6.48. The second-order valence-electron chi connectivity index (χ2n) is 16.1. The van der Waals surface area contributed by atoms with Crippen LogP contribution in [0, 0.1) is 17.8 Å². The minimum atomic E-state index is -0.803. The molecule has 0 radical (unpaired) electrons. The van der Waals surface area contributed by atoms with E-state index in [0.29, 0.717) is 37.8 Å². The average Bonchev–Trinajstić information content (AvgIpc) is 4.01. The molecule has 0 spiro atoms. The monoisotopic (exact) mass is 832 g/mol. The molecule has 322 valence electrons. The minimum Gasteiger partial charge on any atom is -0.453 e. The summed E-state index contributed by atoms with van der Waals surface area (Å²) in [6.07, 6.45) is 2.80. The van der Waals surface area contributed by atoms with Gasteiger partial charge in [0, 0.05) is 31.5 Å². The van der Waals surface area contributed by atoms with Crippen molar-refractivity contribution in [1.29, 1.82) is 0 Å². The molecule has 4 amide bonds. The van der Waals surface area contributed by atoms with Crippen molar-refractivity contribution in [2.75, 3.05) is 41.0 Å². The van der Waals surface area contributed by atoms with E-state index in [0.717, 1.165) is 49.8 Å². The molecular weight excluding hydrogens is 777 g/mol. The van der Waals surface area contributed by atoms with Gasteiger partial charge in [0.05, 0.1) is 50.3 Å². The number of aromatic amines is 2. The Balaban J connectivity index is 1.20. The van der Waals surface area contributed by atoms with Crippen molar-refractivity contribution in [1.82, 2.24) is 40.4 Å². The van der Waals surface area contributed by atoms with Gasteiger partial charge in [-0.25, -0.2) is 19.6 Å². The first-order valence-electron chi connectivity index (χ1n) is 20.4. The number of nitrogens with zero attached hydrogens (tertiary/aromatic N) is 4. The van der Waals surface area contributed by atoms with Crippen LogP contribution >= 0.6 is 0 Å². The zero-order valence-corrected chi connectivity index (χ0v) is 35.9. The van der Waals surface area contributed by atoms with Crippen molar-refractivity contribution in [3.8, 4) is 22.4 Å². The van der Waals surface area contributed by atoms with Crippen LogP contribution in [0.3, 0.4) is 0 Å². The normalized spacial score (nSPS) is 15.5. The third-order valence-corrected chi connectivity index (χ3v) is 11.2. The Kier molecular flexibility index (Phi) is 13.9. The number of nitrogens with one attached hydrogen (secondary N) is 4. The lowest BCUT2D eigenvalue weighted by molar-refractivity contribution is -0.136. The Labute approximate surface area is 355 Å². The van der Waals surface area contributed by atoms with Crippen LogP contribution in [-0.2, 0) is 30.3 Å². The average molecular weight is 833 g/mol. The molecule has 0 bridgehead atoms. The van der Waals surface area contributed by atoms with Gasteiger partial charge in [0.1, 0.15) is 29.8 Å². The number of H-pyrrole nitrogens is 2. The first kappa shape index (κ1) is 44.1. The number of alkyl carbamates (subject to hydrolysis) is 2. The summed E-state index contributed by atoms with van der Waals surface area (Å²) in [6.45, 7) is 17.0. The van der Waals surface area contributed by atoms with E-state index in [-0.39, 0.29) is 36.1 Å². The molecule has 15 heteroatoms. The predicted octanol–water partition coefficient (Wildman–Crippen LogP) is 7.14. The maximum atomic E-state index is 13.9. The van der Waals surface area contributed by atoms with E-state index >= 15 is 0 Å². The van der Waals surface area contributed by atoms with Gasteiger partial charge in [-0.2, -0.15) is 0 Å². The van der Waals surface area contributed by atoms with Crippen LogP contribution < -0.4 is 10.6 Å². The molecule has 6 rings (SSSR count). The van der Waals surface area contributed by atoms with Crippen LogP contribution in [0.4, 0.5) is 9.59 Å². The van der Waals surface area contributed by atoms with E-state index in [9.17, 15) is 19.2 Å². The van der Waals surface area contributed by atoms with Crippen LogP contribution in [0.15, 0.2) is 85.6 Å². The van der Waals surface area contributed by atoms with E-state index in [4.69, 9.17) is 19.2 Å². The first-order valence-corrected chi connectivity index (χ1v) is 20.4. The fourth-order valence-electron chi connectivity index (χ4n) is 7.77. The van der Waals surface area contributed by atoms with Crippen LogP contribution in [0.2, 0.25) is 0 Å². The fraction of sp³-hybridized carbons (Fsp3) is 0.391. The van der Waals surface area contributed by atoms with Crippen LogP contribution in [0.5, 0.6) is 0 Å². The van der Waals surface area contributed by atoms with E-state index < -0.39 is 30.3 Å². The number of ether oxygens (including phenoxy) is 3. The number of imidazole rings is 2. The Morgan fingerprint density at radius 1 is 0.902 bits per heavy atom. The molecule has 15 nitrogen and oxygen atoms in total. The summed E-state index contributed by atoms with van der Waals surface area (Å²) in [6, 6.07) is 16.5. The third-order valence-electron chi connectivity index (χ3n) is 11.2. The lowest BCUT2D eigenvalue weighted by Crippen LogP contribution is -2.52. The van der Waals surface area contributed by atoms with Gasteiger partial charge in [0.25, 0.3) is 0 Å². The highest BCUT2D eigenvalue weighted by Crippen LogP contribution is 2.38. The van der Waals surface area contributed by atoms with Gasteiger partial charge in [-0.15, -0.1) is 6.58 Å². The van der Waals surface area contributed by atoms with Gasteiger partial charge >= 0.3 is 12.2 Å². The number of hydrogen-bond donors (Lipinski definition) is 4. The number of hydrogen-bond acceptors (Lipinski definition) is 9. The van der Waals surface area contributed by atoms with Gasteiger partial charge in [-0.3, -0.25) is 9.59 Å². The summed E-state index contributed by atoms with van der Waals surface area (Å²) in [5.74, 6) is 0.251. The summed E-state index contributed by atoms with van der Waals surface area (Å²) in [4.78, 5) is 71.7. The third kappa shape index (κ3) is 9.78. The van der Waals surface area contributed by atoms with Crippen LogP contribution in [0.25, 0.3) is 44.2 Å². The van der Waals surface area contributed by atoms with Crippen molar-refractivity contribution >= 4 is 45.8 Å². The largest absolute Gasteiger partial charge is 0.453 e. The van der Waals surface area contributed by atoms with Crippen LogP contribution in [0.1, 0.15) is 51.8 Å². The fourth-order valence-corrected chi connectivity index (χ4v) is 7.77. The molecule has 3 heterocycles. The van der Waals surface area contributed by atoms with Gasteiger partial charge in [-0.05, 0) is 58.0 Å². The molecule has 1 aliphatic heterocycles. The number of rotatable bonds is 16. The molecule has 1 saturated heterocycles. The molecule has 1 aliphatic rings. The standard InChI is InChI=1S/C46H56N8O7/c1-10-29(25-59-7)23-53(43(55)38(26(2)3)51-45(57)60-8)24-37-47-22-36(48-37)31-13-11-30(12-14-31)32-15-17-34-33(21-32)16-18-35-40(34)50-42(49-35)41-28(6)19-20-54(41)44(56)39(27(4)5)52-46(58)61-9/h10-18,21-22,26-27,29,38-39,41H,1,6,19-20,23-25H2,2-5,7-9H3,(H,47,48)(H,49,50)(H,51,57)(H,52,58). The maximum absolute atomic E-state index is 13.9. The van der Waals surface area contributed by atoms with E-state index in [1.807, 2.05) is 45.9 Å². The predicted molar refractivity (Wildman–Crippen MR) is 234 cm³/mol. The van der Waals surface area contributed by atoms with Crippen molar-refractivity contribution in [3.63, 3.8) is 0 Å². The lowest BCUT2D eigenvalue weighted by atomic mass is 9.99. The molecule has 4 atom stereocenters. The number of amides is 4. The number of likely N-dealkylation sites (tertiary alicyclic amines) is 1. The van der Waals surface area contributed by atoms with Crippen molar-refractivity contribution in [2.24, 2.45) is 17.8 Å². The number of benzene rings is 3. The van der Waals surface area contributed by atoms with E-state index in [1.165, 1.54) is 14.2 Å². The van der Waals surface area contributed by atoms with Gasteiger partial charge in [-0.1, -0.05) is 82.8 Å². The highest BCUT2D eigenvalue weighted by Gasteiger charge is 2.39. The maximum Gasteiger partial charge on any atom is 0.407 e. The summed E-state index contributed by atoms with van der Waals surface area (Å²) >= 11 is 0. The molecule has 1 fully saturated rings. The van der Waals surface area contributed by atoms with Crippen LogP contribution in [-0.4, -0.2) is 107 Å². The number of fused-ring (bicyclic) bond motifs is 3. The number of aromatic nitrogens is 4. The smallest absolute Gasteiger partial charge is 0.407 e. The molecular formula is C46H56N8O7. The van der Waals surface area contributed by atoms with E-state index in [2.05, 4.69) is 75.1 Å². The molecule has 5 aromatic rings. The summed E-state index contributed by atoms with van der Waals surface area (Å²) in [5, 5.41) is 7.35. The second kappa shape index (κ2) is 19.3. The summed E-state index contributed by atoms with van der Waals surface area (Å²) < 4.78 is 14.9. The van der Waals surface area contributed by atoms with Gasteiger partial charge in [0.2, 0.25) is 11.8 Å². The quantitative estimate of drug-likeness (QED) is 0.0751. The zero-order valence-electron chi connectivity index (χ0n) is 35.9. The molecule has 4 unspecified atom stereocenters. The molecule has 0 saturated carbocycles. The Morgan fingerprint density at radius 3 is 2.20 bits per heavy atom. The number of carbonyl (C=O) groups excluding carboxylic acids is 4. The van der Waals surface area contributed by atoms with Crippen molar-refractivity contribution in [2.45, 2.75) is 58.8 Å². The van der Waals surface area contributed by atoms with E-state index in [1.54, 1.807) is 29.2 Å². The Bertz CT molecular complexity index is 2400. The molecule has 2 aromatic heterocycles. The molecule has 61 heavy (non-hydrogen) atoms. The number of methoxy groups -OCH3 is 3.